The lowest BCUT2D eigenvalue weighted by molar-refractivity contribution is -0.633. The number of phenolic OH excluding ortho intramolecular Hbond substituents is 1. The van der Waals surface area contributed by atoms with Crippen LogP contribution in [0.15, 0.2) is 45.6 Å². The average molecular weight is 335 g/mol. The van der Waals surface area contributed by atoms with Crippen LogP contribution in [0.25, 0.3) is 33.4 Å². The molecular formula is C20H19N2O3+. The number of aromatic nitrogens is 2. The second-order valence-corrected chi connectivity index (χ2v) is 6.24. The number of hydrogen-bond donors (Lipinski definition) is 2. The molecule has 0 saturated heterocycles. The summed E-state index contributed by atoms with van der Waals surface area (Å²) in [6.45, 7) is 3.71. The van der Waals surface area contributed by atoms with E-state index in [-0.39, 0.29) is 11.2 Å². The largest absolute Gasteiger partial charge is 0.508 e. The van der Waals surface area contributed by atoms with Crippen LogP contribution in [-0.2, 0) is 13.5 Å². The lowest BCUT2D eigenvalue weighted by atomic mass is 10.1. The monoisotopic (exact) mass is 335 g/mol. The van der Waals surface area contributed by atoms with E-state index in [0.717, 1.165) is 16.6 Å². The second kappa shape index (κ2) is 5.48. The number of benzene rings is 2. The summed E-state index contributed by atoms with van der Waals surface area (Å²) in [6, 6.07) is 11.1. The van der Waals surface area contributed by atoms with E-state index in [9.17, 15) is 9.90 Å². The van der Waals surface area contributed by atoms with Gasteiger partial charge in [0, 0.05) is 6.07 Å². The summed E-state index contributed by atoms with van der Waals surface area (Å²) >= 11 is 0. The Morgan fingerprint density at radius 2 is 2.00 bits per heavy atom. The maximum atomic E-state index is 13.2. The number of rotatable bonds is 2. The molecule has 126 valence electrons. The van der Waals surface area contributed by atoms with Gasteiger partial charge in [0.05, 0.1) is 12.4 Å². The van der Waals surface area contributed by atoms with Crippen LogP contribution in [0.1, 0.15) is 18.2 Å². The van der Waals surface area contributed by atoms with Gasteiger partial charge in [-0.1, -0.05) is 19.1 Å². The molecule has 4 aromatic rings. The van der Waals surface area contributed by atoms with Gasteiger partial charge in [0.15, 0.2) is 11.0 Å². The Kier molecular flexibility index (Phi) is 3.39. The van der Waals surface area contributed by atoms with Crippen LogP contribution >= 0.6 is 0 Å². The molecule has 0 aliphatic rings. The van der Waals surface area contributed by atoms with Crippen molar-refractivity contribution in [2.75, 3.05) is 0 Å². The SMILES string of the molecule is CCc1cc2c(=O)c(-c3[nH]c4ccccc4[n+]3C)c(C)oc2cc1O. The molecule has 2 N–H and O–H groups in total. The van der Waals surface area contributed by atoms with E-state index in [1.54, 1.807) is 13.0 Å². The molecule has 5 heteroatoms. The fraction of sp³-hybridized carbons (Fsp3) is 0.200. The van der Waals surface area contributed by atoms with Crippen LogP contribution in [0.5, 0.6) is 5.75 Å². The fourth-order valence-electron chi connectivity index (χ4n) is 3.38. The quantitative estimate of drug-likeness (QED) is 0.552. The molecule has 0 saturated carbocycles. The first-order valence-corrected chi connectivity index (χ1v) is 8.27. The van der Waals surface area contributed by atoms with Crippen LogP contribution < -0.4 is 10.00 Å². The fourth-order valence-corrected chi connectivity index (χ4v) is 3.38. The number of fused-ring (bicyclic) bond motifs is 2. The Balaban J connectivity index is 2.09. The number of nitrogens with one attached hydrogen (secondary N) is 1. The molecule has 4 rings (SSSR count). The number of imidazole rings is 1. The van der Waals surface area contributed by atoms with E-state index in [1.165, 1.54) is 6.07 Å². The van der Waals surface area contributed by atoms with Gasteiger partial charge in [0.25, 0.3) is 5.82 Å². The van der Waals surface area contributed by atoms with E-state index < -0.39 is 0 Å². The highest BCUT2D eigenvalue weighted by Gasteiger charge is 2.25. The van der Waals surface area contributed by atoms with E-state index in [1.807, 2.05) is 42.8 Å². The van der Waals surface area contributed by atoms with Crippen molar-refractivity contribution in [3.05, 3.63) is 57.9 Å². The van der Waals surface area contributed by atoms with Crippen molar-refractivity contribution in [2.45, 2.75) is 20.3 Å². The lowest BCUT2D eigenvalue weighted by Gasteiger charge is -2.07. The summed E-state index contributed by atoms with van der Waals surface area (Å²) < 4.78 is 7.83. The summed E-state index contributed by atoms with van der Waals surface area (Å²) in [6.07, 6.45) is 0.643. The number of para-hydroxylation sites is 2. The molecule has 0 fully saturated rings. The van der Waals surface area contributed by atoms with Crippen LogP contribution in [-0.4, -0.2) is 10.1 Å². The molecule has 0 aliphatic carbocycles. The number of aromatic amines is 1. The molecule has 2 aromatic carbocycles. The molecule has 0 aliphatic heterocycles. The topological polar surface area (TPSA) is 70.1 Å². The highest BCUT2D eigenvalue weighted by atomic mass is 16.3. The van der Waals surface area contributed by atoms with Crippen molar-refractivity contribution in [1.82, 2.24) is 4.98 Å². The first-order chi connectivity index (χ1) is 12.0. The van der Waals surface area contributed by atoms with E-state index >= 15 is 0 Å². The molecule has 0 bridgehead atoms. The minimum absolute atomic E-state index is 0.101. The van der Waals surface area contributed by atoms with Crippen LogP contribution in [0.2, 0.25) is 0 Å². The van der Waals surface area contributed by atoms with Crippen molar-refractivity contribution in [2.24, 2.45) is 7.05 Å². The molecule has 5 nitrogen and oxygen atoms in total. The maximum Gasteiger partial charge on any atom is 0.294 e. The third-order valence-corrected chi connectivity index (χ3v) is 4.74. The van der Waals surface area contributed by atoms with E-state index in [2.05, 4.69) is 4.98 Å². The molecule has 2 heterocycles. The number of aromatic hydroxyl groups is 1. The molecule has 0 spiro atoms. The van der Waals surface area contributed by atoms with Crippen LogP contribution in [0, 0.1) is 6.92 Å². The molecule has 0 radical (unpaired) electrons. The van der Waals surface area contributed by atoms with Gasteiger partial charge in [-0.2, -0.15) is 0 Å². The highest BCUT2D eigenvalue weighted by molar-refractivity contribution is 5.84. The zero-order valence-corrected chi connectivity index (χ0v) is 14.4. The molecular weight excluding hydrogens is 316 g/mol. The molecule has 25 heavy (non-hydrogen) atoms. The maximum absolute atomic E-state index is 13.2. The number of H-pyrrole nitrogens is 1. The lowest BCUT2D eigenvalue weighted by Crippen LogP contribution is -2.31. The molecule has 2 aromatic heterocycles. The summed E-state index contributed by atoms with van der Waals surface area (Å²) in [5, 5.41) is 10.5. The van der Waals surface area contributed by atoms with Crippen molar-refractivity contribution in [3.63, 3.8) is 0 Å². The Labute approximate surface area is 144 Å². The Hall–Kier alpha value is -3.08. The van der Waals surface area contributed by atoms with Crippen LogP contribution in [0.3, 0.4) is 0 Å². The van der Waals surface area contributed by atoms with Gasteiger partial charge in [-0.25, -0.2) is 9.55 Å². The van der Waals surface area contributed by atoms with E-state index in [4.69, 9.17) is 4.42 Å². The Bertz CT molecular complexity index is 1190. The van der Waals surface area contributed by atoms with Gasteiger partial charge in [-0.3, -0.25) is 4.79 Å². The summed E-state index contributed by atoms with van der Waals surface area (Å²) in [5.74, 6) is 1.38. The number of hydrogen-bond acceptors (Lipinski definition) is 3. The average Bonchev–Trinajstić information content (AvgIpc) is 2.91. The Morgan fingerprint density at radius 3 is 2.72 bits per heavy atom. The molecule has 0 unspecified atom stereocenters. The predicted molar refractivity (Wildman–Crippen MR) is 96.7 cm³/mol. The van der Waals surface area contributed by atoms with Gasteiger partial charge < -0.3 is 9.52 Å². The summed E-state index contributed by atoms with van der Waals surface area (Å²) in [5.41, 5.74) is 3.51. The molecule has 0 atom stereocenters. The predicted octanol–water partition coefficient (Wildman–Crippen LogP) is 3.34. The Morgan fingerprint density at radius 1 is 1.24 bits per heavy atom. The zero-order chi connectivity index (χ0) is 17.7. The molecule has 0 amide bonds. The summed E-state index contributed by atoms with van der Waals surface area (Å²) in [7, 11) is 1.92. The first-order valence-electron chi connectivity index (χ1n) is 8.27. The summed E-state index contributed by atoms with van der Waals surface area (Å²) in [4.78, 5) is 16.5. The minimum atomic E-state index is -0.101. The second-order valence-electron chi connectivity index (χ2n) is 6.24. The third kappa shape index (κ3) is 2.23. The van der Waals surface area contributed by atoms with Gasteiger partial charge >= 0.3 is 0 Å². The zero-order valence-electron chi connectivity index (χ0n) is 14.4. The van der Waals surface area contributed by atoms with Crippen molar-refractivity contribution >= 4 is 22.0 Å². The van der Waals surface area contributed by atoms with Gasteiger partial charge in [0.1, 0.15) is 22.7 Å². The van der Waals surface area contributed by atoms with Crippen molar-refractivity contribution in [1.29, 1.82) is 0 Å². The number of nitrogens with zero attached hydrogens (tertiary/aromatic N) is 1. The number of aryl methyl sites for hydroxylation is 3. The first kappa shape index (κ1) is 15.4. The van der Waals surface area contributed by atoms with Crippen molar-refractivity contribution < 1.29 is 14.1 Å². The third-order valence-electron chi connectivity index (χ3n) is 4.74. The van der Waals surface area contributed by atoms with Crippen molar-refractivity contribution in [3.8, 4) is 17.1 Å². The van der Waals surface area contributed by atoms with Gasteiger partial charge in [0.2, 0.25) is 5.43 Å². The standard InChI is InChI=1S/C20H18N2O3/c1-4-12-9-13-17(10-16(12)23)25-11(2)18(19(13)24)20-21-14-7-5-6-8-15(14)22(20)3/h5-10H,4H2,1-3H3,(H,23,24)/p+1. The van der Waals surface area contributed by atoms with Gasteiger partial charge in [-0.05, 0) is 37.1 Å². The van der Waals surface area contributed by atoms with Crippen LogP contribution in [0.4, 0.5) is 0 Å². The van der Waals surface area contributed by atoms with Gasteiger partial charge in [-0.15, -0.1) is 0 Å². The number of phenols is 1. The minimum Gasteiger partial charge on any atom is -0.508 e. The van der Waals surface area contributed by atoms with E-state index in [0.29, 0.717) is 34.5 Å². The normalized spacial score (nSPS) is 11.5. The smallest absolute Gasteiger partial charge is 0.294 e. The highest BCUT2D eigenvalue weighted by Crippen LogP contribution is 2.28.